The molecule has 3 heterocycles. The first-order valence-corrected chi connectivity index (χ1v) is 13.3. The van der Waals surface area contributed by atoms with Crippen LogP contribution in [0.4, 0.5) is 23.1 Å². The highest BCUT2D eigenvalue weighted by molar-refractivity contribution is 5.97. The smallest absolute Gasteiger partial charge is 0.251 e. The van der Waals surface area contributed by atoms with Crippen molar-refractivity contribution in [3.63, 3.8) is 0 Å². The van der Waals surface area contributed by atoms with Gasteiger partial charge in [0.1, 0.15) is 11.4 Å². The Morgan fingerprint density at radius 2 is 1.92 bits per heavy atom. The Kier molecular flexibility index (Phi) is 7.45. The molecule has 37 heavy (non-hydrogen) atoms. The van der Waals surface area contributed by atoms with Gasteiger partial charge in [-0.2, -0.15) is 4.98 Å². The van der Waals surface area contributed by atoms with Crippen molar-refractivity contribution >= 4 is 35.0 Å². The topological polar surface area (TPSA) is 103 Å². The van der Waals surface area contributed by atoms with Gasteiger partial charge < -0.3 is 30.1 Å². The number of rotatable bonds is 6. The molecule has 1 atom stereocenters. The normalized spacial score (nSPS) is 20.9. The number of methoxy groups -OCH3 is 1. The zero-order valence-corrected chi connectivity index (χ0v) is 22.0. The van der Waals surface area contributed by atoms with Gasteiger partial charge in [-0.3, -0.25) is 9.59 Å². The zero-order chi connectivity index (χ0) is 25.9. The van der Waals surface area contributed by atoms with Gasteiger partial charge in [0.05, 0.1) is 19.0 Å². The second kappa shape index (κ2) is 10.9. The van der Waals surface area contributed by atoms with E-state index in [1.54, 1.807) is 37.4 Å². The lowest BCUT2D eigenvalue weighted by atomic mass is 9.94. The summed E-state index contributed by atoms with van der Waals surface area (Å²) in [5.41, 5.74) is 1.94. The second-order valence-electron chi connectivity index (χ2n) is 10.4. The lowest BCUT2D eigenvalue weighted by Gasteiger charge is -2.35. The lowest BCUT2D eigenvalue weighted by molar-refractivity contribution is -0.118. The van der Waals surface area contributed by atoms with Crippen molar-refractivity contribution < 1.29 is 14.3 Å². The quantitative estimate of drug-likeness (QED) is 0.615. The van der Waals surface area contributed by atoms with E-state index in [1.165, 1.54) is 19.3 Å². The van der Waals surface area contributed by atoms with Crippen LogP contribution >= 0.6 is 0 Å². The summed E-state index contributed by atoms with van der Waals surface area (Å²) in [6.45, 7) is 2.50. The molecular weight excluding hydrogens is 470 g/mol. The molecule has 198 valence electrons. The highest BCUT2D eigenvalue weighted by atomic mass is 16.5. The number of benzene rings is 1. The molecule has 2 N–H and O–H groups in total. The number of likely N-dealkylation sites (N-methyl/N-ethyl adjacent to an activating group) is 1. The van der Waals surface area contributed by atoms with Crippen LogP contribution in [0.2, 0.25) is 0 Å². The van der Waals surface area contributed by atoms with Crippen LogP contribution in [0.3, 0.4) is 0 Å². The third-order valence-corrected chi connectivity index (χ3v) is 7.78. The number of fused-ring (bicyclic) bond motifs is 1. The van der Waals surface area contributed by atoms with Gasteiger partial charge >= 0.3 is 0 Å². The van der Waals surface area contributed by atoms with Crippen molar-refractivity contribution in [2.45, 2.75) is 57.0 Å². The predicted octanol–water partition coefficient (Wildman–Crippen LogP) is 3.17. The van der Waals surface area contributed by atoms with Crippen LogP contribution in [0, 0.1) is 0 Å². The maximum absolute atomic E-state index is 12.8. The molecule has 1 aromatic heterocycles. The van der Waals surface area contributed by atoms with Crippen LogP contribution < -0.4 is 25.2 Å². The zero-order valence-electron chi connectivity index (χ0n) is 22.0. The highest BCUT2D eigenvalue weighted by Crippen LogP contribution is 2.36. The summed E-state index contributed by atoms with van der Waals surface area (Å²) in [7, 11) is 5.43. The SMILES string of the molecule is COc1cc(C(=O)N[C@@H]2CCN(C)C2)ccc1Nc1ncc2c(n1)N(C1CCCCC1)CCC(=O)N2C. The Balaban J connectivity index is 1.38. The molecule has 3 aliphatic rings. The van der Waals surface area contributed by atoms with E-state index < -0.39 is 0 Å². The van der Waals surface area contributed by atoms with Crippen LogP contribution in [-0.2, 0) is 4.79 Å². The van der Waals surface area contributed by atoms with Crippen molar-refractivity contribution in [2.75, 3.05) is 56.0 Å². The van der Waals surface area contributed by atoms with Crippen LogP contribution in [0.1, 0.15) is 55.3 Å². The van der Waals surface area contributed by atoms with E-state index in [-0.39, 0.29) is 17.9 Å². The predicted molar refractivity (Wildman–Crippen MR) is 144 cm³/mol. The molecule has 0 unspecified atom stereocenters. The molecule has 1 saturated carbocycles. The van der Waals surface area contributed by atoms with Crippen LogP contribution in [-0.4, -0.2) is 79.6 Å². The number of nitrogens with zero attached hydrogens (tertiary/aromatic N) is 5. The first-order chi connectivity index (χ1) is 17.9. The standard InChI is InChI=1S/C27H37N7O3/c1-32-13-11-19(17-32)29-26(36)18-9-10-21(23(15-18)37-3)30-27-28-16-22-25(31-27)34(14-12-24(35)33(22)2)20-7-5-4-6-8-20/h9-10,15-16,19-20H,4-8,11-14,17H2,1-3H3,(H,29,36)(H,28,30,31)/t19-/m1/s1. The number of nitrogens with one attached hydrogen (secondary N) is 2. The van der Waals surface area contributed by atoms with E-state index in [4.69, 9.17) is 9.72 Å². The highest BCUT2D eigenvalue weighted by Gasteiger charge is 2.31. The lowest BCUT2D eigenvalue weighted by Crippen LogP contribution is -2.38. The number of carbonyl (C=O) groups excluding carboxylic acids is 2. The molecule has 5 rings (SSSR count). The number of hydrogen-bond donors (Lipinski definition) is 2. The number of aromatic nitrogens is 2. The van der Waals surface area contributed by atoms with Crippen molar-refractivity contribution in [2.24, 2.45) is 0 Å². The monoisotopic (exact) mass is 507 g/mol. The summed E-state index contributed by atoms with van der Waals surface area (Å²) >= 11 is 0. The number of anilines is 4. The summed E-state index contributed by atoms with van der Waals surface area (Å²) in [5.74, 6) is 1.71. The van der Waals surface area contributed by atoms with Gasteiger partial charge in [0, 0.05) is 44.2 Å². The third kappa shape index (κ3) is 5.49. The first kappa shape index (κ1) is 25.3. The summed E-state index contributed by atoms with van der Waals surface area (Å²) in [5, 5.41) is 6.38. The summed E-state index contributed by atoms with van der Waals surface area (Å²) < 4.78 is 5.61. The Morgan fingerprint density at radius 1 is 1.11 bits per heavy atom. The molecule has 2 aliphatic heterocycles. The van der Waals surface area contributed by atoms with Crippen molar-refractivity contribution in [3.05, 3.63) is 30.0 Å². The van der Waals surface area contributed by atoms with E-state index in [1.807, 2.05) is 6.07 Å². The number of amides is 2. The van der Waals surface area contributed by atoms with E-state index in [0.29, 0.717) is 42.0 Å². The fraction of sp³-hybridized carbons (Fsp3) is 0.556. The third-order valence-electron chi connectivity index (χ3n) is 7.78. The average Bonchev–Trinajstić information content (AvgIpc) is 3.28. The fourth-order valence-electron chi connectivity index (χ4n) is 5.62. The van der Waals surface area contributed by atoms with Gasteiger partial charge in [-0.25, -0.2) is 4.98 Å². The summed E-state index contributed by atoms with van der Waals surface area (Å²) in [6.07, 6.45) is 9.01. The summed E-state index contributed by atoms with van der Waals surface area (Å²) in [6, 6.07) is 5.87. The number of likely N-dealkylation sites (tertiary alicyclic amines) is 1. The number of hydrogen-bond acceptors (Lipinski definition) is 8. The molecule has 10 nitrogen and oxygen atoms in total. The minimum absolute atomic E-state index is 0.0728. The fourth-order valence-corrected chi connectivity index (χ4v) is 5.62. The van der Waals surface area contributed by atoms with Gasteiger partial charge in [0.25, 0.3) is 5.91 Å². The van der Waals surface area contributed by atoms with Crippen molar-refractivity contribution in [1.82, 2.24) is 20.2 Å². The molecule has 1 saturated heterocycles. The van der Waals surface area contributed by atoms with Crippen LogP contribution in [0.5, 0.6) is 5.75 Å². The van der Waals surface area contributed by atoms with Gasteiger partial charge in [0.2, 0.25) is 11.9 Å². The molecule has 0 spiro atoms. The number of carbonyl (C=O) groups is 2. The maximum atomic E-state index is 12.8. The molecule has 2 aromatic rings. The molecular formula is C27H37N7O3. The minimum atomic E-state index is -0.109. The minimum Gasteiger partial charge on any atom is -0.495 e. The molecule has 1 aromatic carbocycles. The maximum Gasteiger partial charge on any atom is 0.251 e. The Hall–Kier alpha value is -3.40. The average molecular weight is 508 g/mol. The molecule has 2 amide bonds. The molecule has 0 bridgehead atoms. The van der Waals surface area contributed by atoms with Gasteiger partial charge in [0.15, 0.2) is 5.82 Å². The summed E-state index contributed by atoms with van der Waals surface area (Å²) in [4.78, 5) is 41.0. The van der Waals surface area contributed by atoms with E-state index >= 15 is 0 Å². The largest absolute Gasteiger partial charge is 0.495 e. The van der Waals surface area contributed by atoms with Crippen molar-refractivity contribution in [3.8, 4) is 5.75 Å². The van der Waals surface area contributed by atoms with Crippen LogP contribution in [0.25, 0.3) is 0 Å². The van der Waals surface area contributed by atoms with E-state index in [0.717, 1.165) is 43.9 Å². The van der Waals surface area contributed by atoms with Gasteiger partial charge in [-0.05, 0) is 51.1 Å². The molecule has 0 radical (unpaired) electrons. The Morgan fingerprint density at radius 3 is 2.65 bits per heavy atom. The van der Waals surface area contributed by atoms with E-state index in [2.05, 4.69) is 32.5 Å². The van der Waals surface area contributed by atoms with E-state index in [9.17, 15) is 9.59 Å². The Labute approximate surface area is 218 Å². The van der Waals surface area contributed by atoms with Crippen LogP contribution in [0.15, 0.2) is 24.4 Å². The molecule has 10 heteroatoms. The van der Waals surface area contributed by atoms with Crippen molar-refractivity contribution in [1.29, 1.82) is 0 Å². The van der Waals surface area contributed by atoms with Gasteiger partial charge in [-0.1, -0.05) is 19.3 Å². The van der Waals surface area contributed by atoms with Gasteiger partial charge in [-0.15, -0.1) is 0 Å². The molecule has 1 aliphatic carbocycles. The Bertz CT molecular complexity index is 1150. The first-order valence-electron chi connectivity index (χ1n) is 13.3. The molecule has 2 fully saturated rings. The second-order valence-corrected chi connectivity index (χ2v) is 10.4. The number of ether oxygens (including phenoxy) is 1.